The molecule has 1 atom stereocenters. The molecule has 4 rings (SSSR count). The second-order valence-electron chi connectivity index (χ2n) is 6.24. The smallest absolute Gasteiger partial charge is 0.269 e. The summed E-state index contributed by atoms with van der Waals surface area (Å²) in [4.78, 5) is 12.5. The molecule has 0 aliphatic carbocycles. The lowest BCUT2D eigenvalue weighted by Crippen LogP contribution is -2.40. The predicted octanol–water partition coefficient (Wildman–Crippen LogP) is 3.47. The third kappa shape index (κ3) is 3.01. The van der Waals surface area contributed by atoms with Gasteiger partial charge in [-0.05, 0) is 43.7 Å². The highest BCUT2D eigenvalue weighted by Gasteiger charge is 2.27. The van der Waals surface area contributed by atoms with Gasteiger partial charge in [0.1, 0.15) is 6.61 Å². The van der Waals surface area contributed by atoms with Crippen molar-refractivity contribution in [1.82, 2.24) is 10.2 Å². The molecule has 6 heteroatoms. The Labute approximate surface area is 151 Å². The summed E-state index contributed by atoms with van der Waals surface area (Å²) < 4.78 is 11.3. The predicted molar refractivity (Wildman–Crippen MR) is 98.5 cm³/mol. The second-order valence-corrected chi connectivity index (χ2v) is 6.24. The number of carbonyl (C=O) groups is 1. The first kappa shape index (κ1) is 16.2. The highest BCUT2D eigenvalue weighted by molar-refractivity contribution is 5.95. The van der Waals surface area contributed by atoms with E-state index in [0.717, 1.165) is 22.5 Å². The number of hydrogen-bond donors (Lipinski definition) is 2. The van der Waals surface area contributed by atoms with Crippen LogP contribution in [0.1, 0.15) is 11.4 Å². The number of fused-ring (bicyclic) bond motifs is 1. The van der Waals surface area contributed by atoms with Crippen LogP contribution in [-0.4, -0.2) is 28.8 Å². The molecule has 2 N–H and O–H groups in total. The number of nitrogens with zero attached hydrogens (tertiary/aromatic N) is 1. The van der Waals surface area contributed by atoms with E-state index in [1.807, 2.05) is 56.3 Å². The number of benzene rings is 2. The van der Waals surface area contributed by atoms with Crippen molar-refractivity contribution in [2.45, 2.75) is 20.0 Å². The van der Waals surface area contributed by atoms with Gasteiger partial charge in [-0.1, -0.05) is 24.3 Å². The van der Waals surface area contributed by atoms with Gasteiger partial charge >= 0.3 is 0 Å². The van der Waals surface area contributed by atoms with Crippen molar-refractivity contribution in [2.24, 2.45) is 0 Å². The summed E-state index contributed by atoms with van der Waals surface area (Å²) in [5.74, 6) is 1.01. The van der Waals surface area contributed by atoms with Crippen molar-refractivity contribution in [3.63, 3.8) is 0 Å². The first-order valence-electron chi connectivity index (χ1n) is 8.43. The van der Waals surface area contributed by atoms with Crippen LogP contribution in [0.25, 0.3) is 11.1 Å². The lowest BCUT2D eigenvalue weighted by molar-refractivity contribution is -0.125. The molecule has 132 valence electrons. The summed E-state index contributed by atoms with van der Waals surface area (Å²) in [6.45, 7) is 4.14. The highest BCUT2D eigenvalue weighted by Crippen LogP contribution is 2.31. The van der Waals surface area contributed by atoms with Gasteiger partial charge in [-0.15, -0.1) is 0 Å². The van der Waals surface area contributed by atoms with E-state index in [1.165, 1.54) is 0 Å². The highest BCUT2D eigenvalue weighted by atomic mass is 16.6. The fourth-order valence-electron chi connectivity index (χ4n) is 3.07. The molecule has 3 aromatic rings. The van der Waals surface area contributed by atoms with E-state index in [1.54, 1.807) is 6.07 Å². The molecule has 0 radical (unpaired) electrons. The van der Waals surface area contributed by atoms with Crippen LogP contribution >= 0.6 is 0 Å². The zero-order valence-corrected chi connectivity index (χ0v) is 14.6. The van der Waals surface area contributed by atoms with Gasteiger partial charge in [-0.2, -0.15) is 5.10 Å². The summed E-state index contributed by atoms with van der Waals surface area (Å²) in [6.07, 6.45) is -0.678. The van der Waals surface area contributed by atoms with Gasteiger partial charge in [0, 0.05) is 16.9 Å². The third-order valence-corrected chi connectivity index (χ3v) is 4.37. The van der Waals surface area contributed by atoms with Crippen molar-refractivity contribution in [3.8, 4) is 22.6 Å². The first-order valence-corrected chi connectivity index (χ1v) is 8.43. The lowest BCUT2D eigenvalue weighted by atomic mass is 10.0. The number of H-pyrrole nitrogens is 1. The Kier molecular flexibility index (Phi) is 4.08. The molecule has 0 bridgehead atoms. The monoisotopic (exact) mass is 349 g/mol. The SMILES string of the molecule is Cc1n[nH]c(C)c1-c1ccc(NC(=O)C2COc3ccccc3O2)cc1. The fourth-order valence-corrected chi connectivity index (χ4v) is 3.07. The first-order chi connectivity index (χ1) is 12.6. The molecule has 26 heavy (non-hydrogen) atoms. The molecule has 0 fully saturated rings. The van der Waals surface area contributed by atoms with E-state index in [2.05, 4.69) is 15.5 Å². The minimum atomic E-state index is -0.678. The van der Waals surface area contributed by atoms with Crippen LogP contribution in [0.3, 0.4) is 0 Å². The van der Waals surface area contributed by atoms with Crippen LogP contribution < -0.4 is 14.8 Å². The molecule has 0 saturated carbocycles. The minimum absolute atomic E-state index is 0.189. The Hall–Kier alpha value is -3.28. The van der Waals surface area contributed by atoms with E-state index in [4.69, 9.17) is 9.47 Å². The number of amides is 1. The Bertz CT molecular complexity index is 928. The largest absolute Gasteiger partial charge is 0.485 e. The number of rotatable bonds is 3. The molecule has 1 aliphatic rings. The molecule has 2 aromatic carbocycles. The van der Waals surface area contributed by atoms with Crippen LogP contribution in [0, 0.1) is 13.8 Å². The number of anilines is 1. The second kappa shape index (κ2) is 6.55. The van der Waals surface area contributed by atoms with Crippen molar-refractivity contribution in [1.29, 1.82) is 0 Å². The molecular weight excluding hydrogens is 330 g/mol. The maximum atomic E-state index is 12.5. The van der Waals surface area contributed by atoms with Crippen molar-refractivity contribution in [3.05, 3.63) is 59.9 Å². The van der Waals surface area contributed by atoms with Crippen LogP contribution in [0.2, 0.25) is 0 Å². The fraction of sp³-hybridized carbons (Fsp3) is 0.200. The van der Waals surface area contributed by atoms with Crippen LogP contribution in [0.15, 0.2) is 48.5 Å². The molecule has 1 unspecified atom stereocenters. The van der Waals surface area contributed by atoms with Crippen LogP contribution in [-0.2, 0) is 4.79 Å². The van der Waals surface area contributed by atoms with E-state index in [-0.39, 0.29) is 12.5 Å². The molecule has 1 aromatic heterocycles. The van der Waals surface area contributed by atoms with Gasteiger partial charge in [0.25, 0.3) is 5.91 Å². The van der Waals surface area contributed by atoms with Gasteiger partial charge in [0.05, 0.1) is 5.69 Å². The summed E-state index contributed by atoms with van der Waals surface area (Å²) in [5, 5.41) is 10.1. The quantitative estimate of drug-likeness (QED) is 0.759. The van der Waals surface area contributed by atoms with Gasteiger partial charge < -0.3 is 14.8 Å². The van der Waals surface area contributed by atoms with Crippen LogP contribution in [0.4, 0.5) is 5.69 Å². The number of aryl methyl sites for hydroxylation is 2. The normalized spacial score (nSPS) is 15.5. The average molecular weight is 349 g/mol. The van der Waals surface area contributed by atoms with E-state index in [9.17, 15) is 4.79 Å². The maximum Gasteiger partial charge on any atom is 0.269 e. The Morgan fingerprint density at radius 2 is 1.85 bits per heavy atom. The number of aromatic amines is 1. The van der Waals surface area contributed by atoms with Crippen molar-refractivity contribution < 1.29 is 14.3 Å². The standard InChI is InChI=1S/C20H19N3O3/c1-12-19(13(2)23-22-12)14-7-9-15(10-8-14)21-20(24)18-11-25-16-5-3-4-6-17(16)26-18/h3-10,18H,11H2,1-2H3,(H,21,24)(H,22,23). The zero-order valence-electron chi connectivity index (χ0n) is 14.6. The molecule has 0 spiro atoms. The van der Waals surface area contributed by atoms with Crippen molar-refractivity contribution >= 4 is 11.6 Å². The summed E-state index contributed by atoms with van der Waals surface area (Å²) >= 11 is 0. The van der Waals surface area contributed by atoms with Gasteiger partial charge in [0.15, 0.2) is 11.5 Å². The molecule has 6 nitrogen and oxygen atoms in total. The van der Waals surface area contributed by atoms with E-state index >= 15 is 0 Å². The Morgan fingerprint density at radius 3 is 2.54 bits per heavy atom. The number of aromatic nitrogens is 2. The summed E-state index contributed by atoms with van der Waals surface area (Å²) in [5.41, 5.74) is 4.82. The summed E-state index contributed by atoms with van der Waals surface area (Å²) in [7, 11) is 0. The Morgan fingerprint density at radius 1 is 1.12 bits per heavy atom. The maximum absolute atomic E-state index is 12.5. The molecule has 2 heterocycles. The molecule has 1 aliphatic heterocycles. The number of hydrogen-bond acceptors (Lipinski definition) is 4. The third-order valence-electron chi connectivity index (χ3n) is 4.37. The minimum Gasteiger partial charge on any atom is -0.485 e. The lowest BCUT2D eigenvalue weighted by Gasteiger charge is -2.25. The molecule has 0 saturated heterocycles. The average Bonchev–Trinajstić information content (AvgIpc) is 3.00. The zero-order chi connectivity index (χ0) is 18.1. The van der Waals surface area contributed by atoms with E-state index in [0.29, 0.717) is 17.2 Å². The topological polar surface area (TPSA) is 76.2 Å². The number of ether oxygens (including phenoxy) is 2. The number of para-hydroxylation sites is 2. The Balaban J connectivity index is 1.46. The van der Waals surface area contributed by atoms with E-state index < -0.39 is 6.10 Å². The molecular formula is C20H19N3O3. The van der Waals surface area contributed by atoms with Crippen LogP contribution in [0.5, 0.6) is 11.5 Å². The number of nitrogens with one attached hydrogen (secondary N) is 2. The molecule has 1 amide bonds. The van der Waals surface area contributed by atoms with Crippen molar-refractivity contribution in [2.75, 3.05) is 11.9 Å². The van der Waals surface area contributed by atoms with Gasteiger partial charge in [0.2, 0.25) is 6.10 Å². The number of carbonyl (C=O) groups excluding carboxylic acids is 1. The van der Waals surface area contributed by atoms with Gasteiger partial charge in [-0.25, -0.2) is 0 Å². The van der Waals surface area contributed by atoms with Gasteiger partial charge in [-0.3, -0.25) is 9.89 Å². The summed E-state index contributed by atoms with van der Waals surface area (Å²) in [6, 6.07) is 15.0.